The average molecular weight is 263 g/mol. The van der Waals surface area contributed by atoms with Crippen molar-refractivity contribution in [3.05, 3.63) is 35.9 Å². The second-order valence-corrected chi connectivity index (χ2v) is 4.36. The van der Waals surface area contributed by atoms with E-state index in [9.17, 15) is 4.79 Å². The van der Waals surface area contributed by atoms with Crippen LogP contribution in [0.4, 0.5) is 0 Å². The molecule has 1 amide bonds. The summed E-state index contributed by atoms with van der Waals surface area (Å²) >= 11 is 0. The first-order valence-electron chi connectivity index (χ1n) is 6.40. The van der Waals surface area contributed by atoms with E-state index < -0.39 is 0 Å². The van der Waals surface area contributed by atoms with Crippen LogP contribution in [0.2, 0.25) is 0 Å². The van der Waals surface area contributed by atoms with Crippen LogP contribution in [0.1, 0.15) is 25.3 Å². The molecule has 0 saturated heterocycles. The molecule has 0 bridgehead atoms. The minimum Gasteiger partial charge on any atom is -0.496 e. The van der Waals surface area contributed by atoms with Crippen LogP contribution in [0.3, 0.4) is 0 Å². The second-order valence-electron chi connectivity index (χ2n) is 4.36. The van der Waals surface area contributed by atoms with Crippen molar-refractivity contribution >= 4 is 12.0 Å². The molecule has 104 valence electrons. The molecule has 0 fully saturated rings. The molecule has 1 aromatic carbocycles. The molecule has 0 aromatic heterocycles. The Kier molecular flexibility index (Phi) is 6.68. The molecule has 0 radical (unpaired) electrons. The van der Waals surface area contributed by atoms with Gasteiger partial charge in [-0.1, -0.05) is 18.2 Å². The Morgan fingerprint density at radius 1 is 1.47 bits per heavy atom. The Balaban J connectivity index is 2.41. The van der Waals surface area contributed by atoms with Crippen molar-refractivity contribution in [2.24, 2.45) is 0 Å². The number of amides is 1. The molecule has 0 aliphatic rings. The Labute approximate surface area is 114 Å². The zero-order valence-corrected chi connectivity index (χ0v) is 11.4. The maximum atomic E-state index is 11.6. The topological polar surface area (TPSA) is 58.6 Å². The van der Waals surface area contributed by atoms with Gasteiger partial charge in [-0.2, -0.15) is 0 Å². The molecule has 1 unspecified atom stereocenters. The minimum absolute atomic E-state index is 0.142. The molecule has 4 heteroatoms. The zero-order valence-electron chi connectivity index (χ0n) is 11.4. The molecule has 2 N–H and O–H groups in total. The predicted molar refractivity (Wildman–Crippen MR) is 76.0 cm³/mol. The summed E-state index contributed by atoms with van der Waals surface area (Å²) in [6.07, 6.45) is 4.35. The van der Waals surface area contributed by atoms with Crippen molar-refractivity contribution in [3.63, 3.8) is 0 Å². The van der Waals surface area contributed by atoms with Crippen LogP contribution in [0, 0.1) is 0 Å². The Morgan fingerprint density at radius 3 is 2.89 bits per heavy atom. The first kappa shape index (κ1) is 15.2. The van der Waals surface area contributed by atoms with Gasteiger partial charge in [-0.25, -0.2) is 0 Å². The van der Waals surface area contributed by atoms with E-state index in [1.807, 2.05) is 24.3 Å². The summed E-state index contributed by atoms with van der Waals surface area (Å²) in [5.41, 5.74) is 0.865. The largest absolute Gasteiger partial charge is 0.496 e. The number of carbonyl (C=O) groups excluding carboxylic acids is 1. The molecule has 1 rings (SSSR count). The summed E-state index contributed by atoms with van der Waals surface area (Å²) in [6.45, 7) is 2.31. The highest BCUT2D eigenvalue weighted by Gasteiger charge is 2.00. The van der Waals surface area contributed by atoms with Crippen LogP contribution in [0.25, 0.3) is 6.08 Å². The smallest absolute Gasteiger partial charge is 0.244 e. The normalized spacial score (nSPS) is 12.4. The number of hydrogen-bond acceptors (Lipinski definition) is 3. The van der Waals surface area contributed by atoms with Gasteiger partial charge < -0.3 is 15.2 Å². The molecule has 0 heterocycles. The van der Waals surface area contributed by atoms with E-state index in [1.54, 1.807) is 20.1 Å². The molecule has 0 saturated carbocycles. The average Bonchev–Trinajstić information content (AvgIpc) is 2.41. The van der Waals surface area contributed by atoms with E-state index in [4.69, 9.17) is 9.84 Å². The van der Waals surface area contributed by atoms with E-state index >= 15 is 0 Å². The van der Waals surface area contributed by atoms with Gasteiger partial charge in [0.2, 0.25) is 5.91 Å². The highest BCUT2D eigenvalue weighted by Crippen LogP contribution is 2.18. The van der Waals surface area contributed by atoms with Gasteiger partial charge in [-0.15, -0.1) is 0 Å². The lowest BCUT2D eigenvalue weighted by Gasteiger charge is -2.05. The van der Waals surface area contributed by atoms with Crippen LogP contribution >= 0.6 is 0 Å². The third-order valence-electron chi connectivity index (χ3n) is 2.65. The first-order valence-corrected chi connectivity index (χ1v) is 6.40. The third kappa shape index (κ3) is 6.06. The van der Waals surface area contributed by atoms with Gasteiger partial charge in [-0.05, 0) is 31.9 Å². The molecule has 1 atom stereocenters. The number of para-hydroxylation sites is 1. The molecule has 19 heavy (non-hydrogen) atoms. The summed E-state index contributed by atoms with van der Waals surface area (Å²) < 4.78 is 5.19. The van der Waals surface area contributed by atoms with Crippen molar-refractivity contribution in [1.82, 2.24) is 5.32 Å². The van der Waals surface area contributed by atoms with Crippen molar-refractivity contribution in [2.75, 3.05) is 13.7 Å². The summed E-state index contributed by atoms with van der Waals surface area (Å²) in [5.74, 6) is 0.595. The van der Waals surface area contributed by atoms with Gasteiger partial charge in [0.25, 0.3) is 0 Å². The zero-order chi connectivity index (χ0) is 14.1. The van der Waals surface area contributed by atoms with E-state index in [-0.39, 0.29) is 12.0 Å². The third-order valence-corrected chi connectivity index (χ3v) is 2.65. The van der Waals surface area contributed by atoms with Crippen molar-refractivity contribution in [3.8, 4) is 5.75 Å². The fourth-order valence-electron chi connectivity index (χ4n) is 1.64. The minimum atomic E-state index is -0.318. The van der Waals surface area contributed by atoms with Crippen LogP contribution in [0.5, 0.6) is 5.75 Å². The lowest BCUT2D eigenvalue weighted by Crippen LogP contribution is -2.22. The van der Waals surface area contributed by atoms with Gasteiger partial charge >= 0.3 is 0 Å². The van der Waals surface area contributed by atoms with Gasteiger partial charge in [0, 0.05) is 18.2 Å². The number of aliphatic hydroxyl groups is 1. The van der Waals surface area contributed by atoms with Crippen molar-refractivity contribution < 1.29 is 14.6 Å². The number of nitrogens with one attached hydrogen (secondary N) is 1. The Bertz CT molecular complexity index is 427. The summed E-state index contributed by atoms with van der Waals surface area (Å²) in [5, 5.41) is 11.9. The number of rotatable bonds is 7. The van der Waals surface area contributed by atoms with Crippen molar-refractivity contribution in [2.45, 2.75) is 25.9 Å². The molecule has 0 aliphatic carbocycles. The maximum absolute atomic E-state index is 11.6. The predicted octanol–water partition coefficient (Wildman–Crippen LogP) is 1.99. The Hall–Kier alpha value is -1.81. The number of benzene rings is 1. The second kappa shape index (κ2) is 8.32. The van der Waals surface area contributed by atoms with Gasteiger partial charge in [0.15, 0.2) is 0 Å². The van der Waals surface area contributed by atoms with E-state index in [0.29, 0.717) is 13.0 Å². The SMILES string of the molecule is COc1ccccc1/C=C/C(=O)NCCCC(C)O. The standard InChI is InChI=1S/C15H21NO3/c1-12(17)6-5-11-16-15(18)10-9-13-7-3-4-8-14(13)19-2/h3-4,7-10,12,17H,5-6,11H2,1-2H3,(H,16,18)/b10-9+. The molecule has 0 spiro atoms. The van der Waals surface area contributed by atoms with Crippen LogP contribution in [-0.2, 0) is 4.79 Å². The molecule has 1 aromatic rings. The number of ether oxygens (including phenoxy) is 1. The van der Waals surface area contributed by atoms with Crippen LogP contribution in [-0.4, -0.2) is 30.8 Å². The van der Waals surface area contributed by atoms with Crippen LogP contribution < -0.4 is 10.1 Å². The number of methoxy groups -OCH3 is 1. The van der Waals surface area contributed by atoms with Gasteiger partial charge in [-0.3, -0.25) is 4.79 Å². The van der Waals surface area contributed by atoms with E-state index in [0.717, 1.165) is 17.7 Å². The maximum Gasteiger partial charge on any atom is 0.244 e. The van der Waals surface area contributed by atoms with E-state index in [2.05, 4.69) is 5.32 Å². The van der Waals surface area contributed by atoms with E-state index in [1.165, 1.54) is 6.08 Å². The highest BCUT2D eigenvalue weighted by molar-refractivity contribution is 5.92. The highest BCUT2D eigenvalue weighted by atomic mass is 16.5. The van der Waals surface area contributed by atoms with Crippen molar-refractivity contribution in [1.29, 1.82) is 0 Å². The fraction of sp³-hybridized carbons (Fsp3) is 0.400. The Morgan fingerprint density at radius 2 is 2.21 bits per heavy atom. The summed E-state index contributed by atoms with van der Waals surface area (Å²) in [6, 6.07) is 7.51. The number of hydrogen-bond donors (Lipinski definition) is 2. The van der Waals surface area contributed by atoms with Gasteiger partial charge in [0.05, 0.1) is 13.2 Å². The van der Waals surface area contributed by atoms with Crippen LogP contribution in [0.15, 0.2) is 30.3 Å². The summed E-state index contributed by atoms with van der Waals surface area (Å²) in [4.78, 5) is 11.6. The number of carbonyl (C=O) groups is 1. The molecular weight excluding hydrogens is 242 g/mol. The summed E-state index contributed by atoms with van der Waals surface area (Å²) in [7, 11) is 1.60. The monoisotopic (exact) mass is 263 g/mol. The quantitative estimate of drug-likeness (QED) is 0.584. The molecule has 0 aliphatic heterocycles. The molecular formula is C15H21NO3. The number of aliphatic hydroxyl groups excluding tert-OH is 1. The molecule has 4 nitrogen and oxygen atoms in total. The fourth-order valence-corrected chi connectivity index (χ4v) is 1.64. The lowest BCUT2D eigenvalue weighted by molar-refractivity contribution is -0.116. The first-order chi connectivity index (χ1) is 9.13. The van der Waals surface area contributed by atoms with Gasteiger partial charge in [0.1, 0.15) is 5.75 Å². The lowest BCUT2D eigenvalue weighted by atomic mass is 10.2.